The zero-order chi connectivity index (χ0) is 17.0. The molecule has 0 radical (unpaired) electrons. The van der Waals surface area contributed by atoms with Crippen LogP contribution in [0.2, 0.25) is 0 Å². The molecule has 2 fully saturated rings. The number of nitro benzene ring substituents is 1. The van der Waals surface area contributed by atoms with Gasteiger partial charge in [-0.15, -0.1) is 0 Å². The first-order valence-corrected chi connectivity index (χ1v) is 9.38. The number of hydrogen-bond acceptors (Lipinski definition) is 6. The zero-order valence-electron chi connectivity index (χ0n) is 13.3. The van der Waals surface area contributed by atoms with E-state index in [2.05, 4.69) is 19.2 Å². The molecule has 7 nitrogen and oxygen atoms in total. The summed E-state index contributed by atoms with van der Waals surface area (Å²) in [7, 11) is -3.68. The standard InChI is InChI=1S/C15H20N2O5S/c1-15(2)13(10-6-7-22-14(10)15)16-9-4-5-11(17(18)19)12(8-9)23(3,20)21/h4-5,8,10,13-14,16H,6-7H2,1-3H3. The van der Waals surface area contributed by atoms with Crippen LogP contribution in [0.3, 0.4) is 0 Å². The van der Waals surface area contributed by atoms with Crippen LogP contribution in [0.15, 0.2) is 23.1 Å². The van der Waals surface area contributed by atoms with Crippen molar-refractivity contribution < 1.29 is 18.1 Å². The summed E-state index contributed by atoms with van der Waals surface area (Å²) in [5.74, 6) is 0.391. The number of ether oxygens (including phenoxy) is 1. The molecule has 1 heterocycles. The van der Waals surface area contributed by atoms with Crippen molar-refractivity contribution in [3.05, 3.63) is 28.3 Å². The number of nitrogens with one attached hydrogen (secondary N) is 1. The summed E-state index contributed by atoms with van der Waals surface area (Å²) >= 11 is 0. The van der Waals surface area contributed by atoms with E-state index in [0.29, 0.717) is 11.6 Å². The Bertz CT molecular complexity index is 759. The van der Waals surface area contributed by atoms with Gasteiger partial charge in [0.15, 0.2) is 9.84 Å². The molecule has 3 unspecified atom stereocenters. The fraction of sp³-hybridized carbons (Fsp3) is 0.600. The van der Waals surface area contributed by atoms with Crippen LogP contribution in [-0.2, 0) is 14.6 Å². The van der Waals surface area contributed by atoms with Gasteiger partial charge < -0.3 is 10.1 Å². The molecule has 1 aromatic rings. The van der Waals surface area contributed by atoms with Crippen LogP contribution in [0.5, 0.6) is 0 Å². The third-order valence-electron chi connectivity index (χ3n) is 4.98. The number of rotatable bonds is 4. The molecule has 1 saturated heterocycles. The summed E-state index contributed by atoms with van der Waals surface area (Å²) < 4.78 is 29.4. The molecular weight excluding hydrogens is 320 g/mol. The average molecular weight is 340 g/mol. The summed E-state index contributed by atoms with van der Waals surface area (Å²) in [6.45, 7) is 4.96. The molecule has 0 aromatic heterocycles. The molecule has 1 saturated carbocycles. The highest BCUT2D eigenvalue weighted by Gasteiger charge is 2.59. The van der Waals surface area contributed by atoms with Gasteiger partial charge in [-0.05, 0) is 18.6 Å². The van der Waals surface area contributed by atoms with Crippen molar-refractivity contribution in [3.8, 4) is 0 Å². The minimum absolute atomic E-state index is 0.0613. The Morgan fingerprint density at radius 3 is 2.70 bits per heavy atom. The Labute approximate surface area is 135 Å². The van der Waals surface area contributed by atoms with Gasteiger partial charge in [0.25, 0.3) is 5.69 Å². The summed E-state index contributed by atoms with van der Waals surface area (Å²) in [4.78, 5) is 10.1. The van der Waals surface area contributed by atoms with Gasteiger partial charge in [-0.1, -0.05) is 13.8 Å². The predicted molar refractivity (Wildman–Crippen MR) is 85.2 cm³/mol. The van der Waals surface area contributed by atoms with E-state index < -0.39 is 20.4 Å². The average Bonchev–Trinajstić information content (AvgIpc) is 2.90. The van der Waals surface area contributed by atoms with E-state index in [9.17, 15) is 18.5 Å². The highest BCUT2D eigenvalue weighted by Crippen LogP contribution is 2.53. The van der Waals surface area contributed by atoms with Gasteiger partial charge in [-0.2, -0.15) is 0 Å². The third-order valence-corrected chi connectivity index (χ3v) is 6.10. The number of fused-ring (bicyclic) bond motifs is 1. The van der Waals surface area contributed by atoms with E-state index in [1.54, 1.807) is 6.07 Å². The second kappa shape index (κ2) is 5.17. The molecule has 0 spiro atoms. The Balaban J connectivity index is 1.91. The maximum atomic E-state index is 11.8. The van der Waals surface area contributed by atoms with Gasteiger partial charge in [0.2, 0.25) is 0 Å². The Morgan fingerprint density at radius 1 is 1.39 bits per heavy atom. The summed E-state index contributed by atoms with van der Waals surface area (Å²) in [5, 5.41) is 14.4. The third kappa shape index (κ3) is 2.59. The molecular formula is C15H20N2O5S. The normalized spacial score (nSPS) is 28.7. The maximum absolute atomic E-state index is 11.8. The minimum Gasteiger partial charge on any atom is -0.381 e. The molecule has 1 N–H and O–H groups in total. The van der Waals surface area contributed by atoms with E-state index in [-0.39, 0.29) is 22.5 Å². The highest BCUT2D eigenvalue weighted by atomic mass is 32.2. The Hall–Kier alpha value is -1.67. The summed E-state index contributed by atoms with van der Waals surface area (Å²) in [6.07, 6.45) is 2.16. The fourth-order valence-electron chi connectivity index (χ4n) is 3.85. The number of sulfone groups is 1. The molecule has 3 rings (SSSR count). The van der Waals surface area contributed by atoms with Crippen LogP contribution in [0.1, 0.15) is 20.3 Å². The number of benzene rings is 1. The Kier molecular flexibility index (Phi) is 3.64. The number of nitro groups is 1. The minimum atomic E-state index is -3.68. The summed E-state index contributed by atoms with van der Waals surface area (Å²) in [6, 6.07) is 4.31. The van der Waals surface area contributed by atoms with E-state index in [4.69, 9.17) is 4.74 Å². The maximum Gasteiger partial charge on any atom is 0.288 e. The van der Waals surface area contributed by atoms with Crippen molar-refractivity contribution in [3.63, 3.8) is 0 Å². The first-order valence-electron chi connectivity index (χ1n) is 7.49. The van der Waals surface area contributed by atoms with Crippen LogP contribution < -0.4 is 5.32 Å². The smallest absolute Gasteiger partial charge is 0.288 e. The molecule has 2 aliphatic rings. The predicted octanol–water partition coefficient (Wildman–Crippen LogP) is 2.22. The number of hydrogen-bond donors (Lipinski definition) is 1. The lowest BCUT2D eigenvalue weighted by Crippen LogP contribution is -2.63. The van der Waals surface area contributed by atoms with Crippen LogP contribution in [0.25, 0.3) is 0 Å². The van der Waals surface area contributed by atoms with Crippen molar-refractivity contribution in [1.82, 2.24) is 0 Å². The molecule has 8 heteroatoms. The monoisotopic (exact) mass is 340 g/mol. The molecule has 1 aliphatic heterocycles. The van der Waals surface area contributed by atoms with E-state index >= 15 is 0 Å². The quantitative estimate of drug-likeness (QED) is 0.666. The second-order valence-corrected chi connectivity index (χ2v) is 8.88. The largest absolute Gasteiger partial charge is 0.381 e. The van der Waals surface area contributed by atoms with Crippen molar-refractivity contribution in [2.45, 2.75) is 37.3 Å². The zero-order valence-corrected chi connectivity index (χ0v) is 14.1. The molecule has 126 valence electrons. The molecule has 3 atom stereocenters. The van der Waals surface area contributed by atoms with Crippen molar-refractivity contribution in [2.24, 2.45) is 11.3 Å². The van der Waals surface area contributed by atoms with Crippen LogP contribution >= 0.6 is 0 Å². The molecule has 1 aromatic carbocycles. The van der Waals surface area contributed by atoms with Gasteiger partial charge in [-0.3, -0.25) is 10.1 Å². The first-order chi connectivity index (χ1) is 10.6. The lowest BCUT2D eigenvalue weighted by Gasteiger charge is -2.55. The number of nitrogens with zero attached hydrogens (tertiary/aromatic N) is 1. The highest BCUT2D eigenvalue weighted by molar-refractivity contribution is 7.90. The fourth-order valence-corrected chi connectivity index (χ4v) is 4.71. The van der Waals surface area contributed by atoms with Crippen LogP contribution in [0, 0.1) is 21.4 Å². The topological polar surface area (TPSA) is 98.5 Å². The van der Waals surface area contributed by atoms with E-state index in [1.165, 1.54) is 12.1 Å². The summed E-state index contributed by atoms with van der Waals surface area (Å²) in [5.41, 5.74) is 0.126. The molecule has 0 amide bonds. The van der Waals surface area contributed by atoms with Gasteiger partial charge in [0, 0.05) is 42.0 Å². The van der Waals surface area contributed by atoms with E-state index in [1.807, 2.05) is 0 Å². The number of anilines is 1. The SMILES string of the molecule is CC1(C)C(Nc2ccc([N+](=O)[O-])c(S(C)(=O)=O)c2)C2CCOC21. The molecule has 0 bridgehead atoms. The van der Waals surface area contributed by atoms with Crippen LogP contribution in [0.4, 0.5) is 11.4 Å². The van der Waals surface area contributed by atoms with Crippen LogP contribution in [-0.4, -0.2) is 38.3 Å². The van der Waals surface area contributed by atoms with Crippen molar-refractivity contribution in [1.29, 1.82) is 0 Å². The van der Waals surface area contributed by atoms with Crippen molar-refractivity contribution >= 4 is 21.2 Å². The van der Waals surface area contributed by atoms with Gasteiger partial charge >= 0.3 is 0 Å². The molecule has 23 heavy (non-hydrogen) atoms. The first kappa shape index (κ1) is 16.2. The van der Waals surface area contributed by atoms with Gasteiger partial charge in [-0.25, -0.2) is 8.42 Å². The Morgan fingerprint density at radius 2 is 2.09 bits per heavy atom. The molecule has 1 aliphatic carbocycles. The van der Waals surface area contributed by atoms with E-state index in [0.717, 1.165) is 19.3 Å². The van der Waals surface area contributed by atoms with Gasteiger partial charge in [0.05, 0.1) is 11.0 Å². The lowest BCUT2D eigenvalue weighted by atomic mass is 9.57. The van der Waals surface area contributed by atoms with Gasteiger partial charge in [0.1, 0.15) is 4.90 Å². The lowest BCUT2D eigenvalue weighted by molar-refractivity contribution is -0.387. The second-order valence-electron chi connectivity index (χ2n) is 6.90. The van der Waals surface area contributed by atoms with Crippen molar-refractivity contribution in [2.75, 3.05) is 18.2 Å².